The van der Waals surface area contributed by atoms with E-state index in [4.69, 9.17) is 5.26 Å². The molecule has 134 valence electrons. The number of piperazine rings is 1. The lowest BCUT2D eigenvalue weighted by Crippen LogP contribution is -2.50. The van der Waals surface area contributed by atoms with Gasteiger partial charge < -0.3 is 15.1 Å². The number of carbonyl (C=O) groups is 2. The maximum Gasteiger partial charge on any atom is 0.254 e. The van der Waals surface area contributed by atoms with E-state index in [1.807, 2.05) is 11.0 Å². The van der Waals surface area contributed by atoms with Crippen molar-refractivity contribution in [2.75, 3.05) is 39.3 Å². The number of rotatable bonds is 6. The molecular weight excluding hydrogens is 316 g/mol. The number of nitrogens with zero attached hydrogens (tertiary/aromatic N) is 3. The van der Waals surface area contributed by atoms with E-state index in [1.165, 1.54) is 0 Å². The Kier molecular flexibility index (Phi) is 6.96. The summed E-state index contributed by atoms with van der Waals surface area (Å²) in [6, 6.07) is 8.61. The summed E-state index contributed by atoms with van der Waals surface area (Å²) in [5, 5.41) is 12.1. The molecule has 0 spiro atoms. The Bertz CT molecular complexity index is 628. The van der Waals surface area contributed by atoms with Crippen molar-refractivity contribution < 1.29 is 9.59 Å². The highest BCUT2D eigenvalue weighted by molar-refractivity contribution is 5.96. The van der Waals surface area contributed by atoms with Crippen molar-refractivity contribution in [2.45, 2.75) is 20.3 Å². The second-order valence-electron chi connectivity index (χ2n) is 6.73. The van der Waals surface area contributed by atoms with Crippen molar-refractivity contribution in [2.24, 2.45) is 5.92 Å². The van der Waals surface area contributed by atoms with Crippen LogP contribution in [0.2, 0.25) is 0 Å². The number of benzene rings is 1. The van der Waals surface area contributed by atoms with Crippen LogP contribution in [0.4, 0.5) is 0 Å². The van der Waals surface area contributed by atoms with Gasteiger partial charge in [0.15, 0.2) is 0 Å². The van der Waals surface area contributed by atoms with E-state index in [1.54, 1.807) is 29.2 Å². The lowest BCUT2D eigenvalue weighted by Gasteiger charge is -2.30. The largest absolute Gasteiger partial charge is 0.339 e. The van der Waals surface area contributed by atoms with Gasteiger partial charge >= 0.3 is 0 Å². The van der Waals surface area contributed by atoms with Crippen LogP contribution in [-0.4, -0.2) is 60.9 Å². The molecule has 0 saturated carbocycles. The van der Waals surface area contributed by atoms with Crippen LogP contribution < -0.4 is 5.32 Å². The molecule has 0 radical (unpaired) electrons. The predicted octanol–water partition coefficient (Wildman–Crippen LogP) is 1.48. The molecule has 0 atom stereocenters. The topological polar surface area (TPSA) is 76.4 Å². The molecule has 1 fully saturated rings. The van der Waals surface area contributed by atoms with Gasteiger partial charge in [0.25, 0.3) is 5.91 Å². The molecule has 0 aliphatic carbocycles. The first kappa shape index (κ1) is 18.9. The standard InChI is InChI=1S/C19H26N4O2/c1-15(2)7-10-23(14-18(24)22-11-8-21-9-12-22)19(25)17-5-3-16(13-20)4-6-17/h3-6,15,21H,7-12,14H2,1-2H3. The average molecular weight is 342 g/mol. The van der Waals surface area contributed by atoms with Gasteiger partial charge in [0, 0.05) is 38.3 Å². The molecule has 2 rings (SSSR count). The van der Waals surface area contributed by atoms with E-state index < -0.39 is 0 Å². The number of amides is 2. The quantitative estimate of drug-likeness (QED) is 0.849. The lowest BCUT2D eigenvalue weighted by atomic mass is 10.1. The number of hydrogen-bond donors (Lipinski definition) is 1. The van der Waals surface area contributed by atoms with Crippen molar-refractivity contribution in [3.63, 3.8) is 0 Å². The number of nitrogens with one attached hydrogen (secondary N) is 1. The summed E-state index contributed by atoms with van der Waals surface area (Å²) in [5.41, 5.74) is 1.03. The Morgan fingerprint density at radius 1 is 1.24 bits per heavy atom. The zero-order valence-electron chi connectivity index (χ0n) is 15.0. The average Bonchev–Trinajstić information content (AvgIpc) is 2.65. The lowest BCUT2D eigenvalue weighted by molar-refractivity contribution is -0.132. The summed E-state index contributed by atoms with van der Waals surface area (Å²) in [4.78, 5) is 28.8. The van der Waals surface area contributed by atoms with Crippen molar-refractivity contribution in [3.05, 3.63) is 35.4 Å². The highest BCUT2D eigenvalue weighted by Gasteiger charge is 2.23. The third-order valence-corrected chi connectivity index (χ3v) is 4.32. The molecule has 1 heterocycles. The minimum atomic E-state index is -0.159. The third-order valence-electron chi connectivity index (χ3n) is 4.32. The predicted molar refractivity (Wildman–Crippen MR) is 96.0 cm³/mol. The Hall–Kier alpha value is -2.39. The number of carbonyl (C=O) groups excluding carboxylic acids is 2. The van der Waals surface area contributed by atoms with Crippen molar-refractivity contribution in [1.82, 2.24) is 15.1 Å². The highest BCUT2D eigenvalue weighted by atomic mass is 16.2. The fraction of sp³-hybridized carbons (Fsp3) is 0.526. The van der Waals surface area contributed by atoms with E-state index in [0.29, 0.717) is 36.7 Å². The molecule has 0 aromatic heterocycles. The maximum atomic E-state index is 12.8. The zero-order chi connectivity index (χ0) is 18.2. The van der Waals surface area contributed by atoms with Gasteiger partial charge in [0.2, 0.25) is 5.91 Å². The zero-order valence-corrected chi connectivity index (χ0v) is 15.0. The van der Waals surface area contributed by atoms with Crippen molar-refractivity contribution in [3.8, 4) is 6.07 Å². The van der Waals surface area contributed by atoms with Crippen LogP contribution in [0, 0.1) is 17.2 Å². The first-order valence-corrected chi connectivity index (χ1v) is 8.79. The molecule has 1 N–H and O–H groups in total. The highest BCUT2D eigenvalue weighted by Crippen LogP contribution is 2.11. The van der Waals surface area contributed by atoms with Crippen LogP contribution in [0.15, 0.2) is 24.3 Å². The van der Waals surface area contributed by atoms with Crippen LogP contribution >= 0.6 is 0 Å². The molecule has 1 aliphatic rings. The molecule has 6 nitrogen and oxygen atoms in total. The van der Waals surface area contributed by atoms with E-state index in [0.717, 1.165) is 19.5 Å². The molecule has 0 unspecified atom stereocenters. The fourth-order valence-electron chi connectivity index (χ4n) is 2.71. The summed E-state index contributed by atoms with van der Waals surface area (Å²) in [6.07, 6.45) is 0.844. The van der Waals surface area contributed by atoms with Crippen LogP contribution in [0.5, 0.6) is 0 Å². The second-order valence-corrected chi connectivity index (χ2v) is 6.73. The summed E-state index contributed by atoms with van der Waals surface area (Å²) >= 11 is 0. The molecule has 0 bridgehead atoms. The molecule has 1 aromatic carbocycles. The molecule has 2 amide bonds. The minimum Gasteiger partial charge on any atom is -0.339 e. The van der Waals surface area contributed by atoms with Crippen LogP contribution in [0.25, 0.3) is 0 Å². The Morgan fingerprint density at radius 2 is 1.88 bits per heavy atom. The monoisotopic (exact) mass is 342 g/mol. The van der Waals surface area contributed by atoms with E-state index >= 15 is 0 Å². The third kappa shape index (κ3) is 5.57. The first-order valence-electron chi connectivity index (χ1n) is 8.79. The van der Waals surface area contributed by atoms with Gasteiger partial charge in [-0.15, -0.1) is 0 Å². The van der Waals surface area contributed by atoms with Crippen LogP contribution in [0.3, 0.4) is 0 Å². The second kappa shape index (κ2) is 9.19. The van der Waals surface area contributed by atoms with Gasteiger partial charge in [-0.3, -0.25) is 9.59 Å². The minimum absolute atomic E-state index is 0.00717. The summed E-state index contributed by atoms with van der Waals surface area (Å²) in [6.45, 7) is 7.80. The van der Waals surface area contributed by atoms with E-state index in [9.17, 15) is 9.59 Å². The Labute approximate surface area is 149 Å². The summed E-state index contributed by atoms with van der Waals surface area (Å²) < 4.78 is 0. The van der Waals surface area contributed by atoms with Crippen LogP contribution in [-0.2, 0) is 4.79 Å². The van der Waals surface area contributed by atoms with Crippen molar-refractivity contribution in [1.29, 1.82) is 5.26 Å². The van der Waals surface area contributed by atoms with E-state index in [-0.39, 0.29) is 18.4 Å². The van der Waals surface area contributed by atoms with Gasteiger partial charge in [-0.05, 0) is 36.6 Å². The van der Waals surface area contributed by atoms with Crippen LogP contribution in [0.1, 0.15) is 36.2 Å². The molecule has 6 heteroatoms. The number of nitriles is 1. The Morgan fingerprint density at radius 3 is 2.44 bits per heavy atom. The van der Waals surface area contributed by atoms with E-state index in [2.05, 4.69) is 19.2 Å². The van der Waals surface area contributed by atoms with Crippen molar-refractivity contribution >= 4 is 11.8 Å². The first-order chi connectivity index (χ1) is 12.0. The molecule has 1 saturated heterocycles. The van der Waals surface area contributed by atoms with Gasteiger partial charge in [0.1, 0.15) is 6.54 Å². The van der Waals surface area contributed by atoms with Gasteiger partial charge in [-0.2, -0.15) is 5.26 Å². The fourth-order valence-corrected chi connectivity index (χ4v) is 2.71. The SMILES string of the molecule is CC(C)CCN(CC(=O)N1CCNCC1)C(=O)c1ccc(C#N)cc1. The summed E-state index contributed by atoms with van der Waals surface area (Å²) in [5.74, 6) is 0.284. The summed E-state index contributed by atoms with van der Waals surface area (Å²) in [7, 11) is 0. The van der Waals surface area contributed by atoms with Gasteiger partial charge in [0.05, 0.1) is 11.6 Å². The molecular formula is C19H26N4O2. The maximum absolute atomic E-state index is 12.8. The molecule has 1 aliphatic heterocycles. The smallest absolute Gasteiger partial charge is 0.254 e. The van der Waals surface area contributed by atoms with Gasteiger partial charge in [-0.25, -0.2) is 0 Å². The normalized spacial score (nSPS) is 14.2. The Balaban J connectivity index is 2.08. The molecule has 1 aromatic rings. The van der Waals surface area contributed by atoms with Gasteiger partial charge in [-0.1, -0.05) is 13.8 Å². The number of hydrogen-bond acceptors (Lipinski definition) is 4. The molecule has 25 heavy (non-hydrogen) atoms.